The lowest BCUT2D eigenvalue weighted by atomic mass is 9.90. The lowest BCUT2D eigenvalue weighted by Crippen LogP contribution is -2.40. The number of nitrogens with zero attached hydrogens (tertiary/aromatic N) is 1. The zero-order valence-electron chi connectivity index (χ0n) is 15.5. The van der Waals surface area contributed by atoms with E-state index in [0.29, 0.717) is 25.4 Å². The molecule has 1 aliphatic carbocycles. The molecular formula is C22H22N2O3S. The first-order valence-electron chi connectivity index (χ1n) is 9.73. The fourth-order valence-electron chi connectivity index (χ4n) is 4.38. The first kappa shape index (κ1) is 17.5. The number of amides is 2. The zero-order valence-corrected chi connectivity index (χ0v) is 16.3. The summed E-state index contributed by atoms with van der Waals surface area (Å²) in [5.41, 5.74) is 0.827. The standard InChI is InChI=1S/C22H22N2O3S/c25-20(23-14-16-5-3-11-28-16)17-13-22(17)7-9-24(10-8-22)21(26)19-12-15-4-1-2-6-18(15)27-19/h1-6,11-12,17H,7-10,13-14H2,(H,23,25). The van der Waals surface area contributed by atoms with Crippen LogP contribution in [-0.2, 0) is 11.3 Å². The van der Waals surface area contributed by atoms with Gasteiger partial charge in [0.1, 0.15) is 5.58 Å². The van der Waals surface area contributed by atoms with Crippen LogP contribution in [0.2, 0.25) is 0 Å². The highest BCUT2D eigenvalue weighted by Gasteiger charge is 2.58. The Morgan fingerprint density at radius 1 is 1.18 bits per heavy atom. The molecule has 3 aromatic rings. The van der Waals surface area contributed by atoms with Gasteiger partial charge in [0.25, 0.3) is 5.91 Å². The van der Waals surface area contributed by atoms with Gasteiger partial charge in [-0.2, -0.15) is 0 Å². The predicted octanol–water partition coefficient (Wildman–Crippen LogP) is 4.05. The van der Waals surface area contributed by atoms with Gasteiger partial charge < -0.3 is 14.6 Å². The molecule has 6 heteroatoms. The molecule has 1 aliphatic heterocycles. The molecule has 2 aliphatic rings. The van der Waals surface area contributed by atoms with Crippen molar-refractivity contribution in [3.05, 3.63) is 58.5 Å². The minimum Gasteiger partial charge on any atom is -0.451 e. The number of benzene rings is 1. The molecule has 5 rings (SSSR count). The maximum absolute atomic E-state index is 12.8. The topological polar surface area (TPSA) is 62.6 Å². The van der Waals surface area contributed by atoms with E-state index in [1.165, 1.54) is 4.88 Å². The van der Waals surface area contributed by atoms with Crippen LogP contribution in [0.25, 0.3) is 11.0 Å². The van der Waals surface area contributed by atoms with Crippen molar-refractivity contribution >= 4 is 34.1 Å². The molecule has 1 atom stereocenters. The van der Waals surface area contributed by atoms with Gasteiger partial charge in [0.05, 0.1) is 6.54 Å². The van der Waals surface area contributed by atoms with Crippen molar-refractivity contribution < 1.29 is 14.0 Å². The highest BCUT2D eigenvalue weighted by molar-refractivity contribution is 7.09. The Hall–Kier alpha value is -2.60. The highest BCUT2D eigenvalue weighted by atomic mass is 32.1. The molecule has 0 bridgehead atoms. The number of hydrogen-bond acceptors (Lipinski definition) is 4. The Morgan fingerprint density at radius 3 is 2.75 bits per heavy atom. The van der Waals surface area contributed by atoms with Gasteiger partial charge in [-0.25, -0.2) is 0 Å². The Morgan fingerprint density at radius 2 is 2.00 bits per heavy atom. The number of nitrogens with one attached hydrogen (secondary N) is 1. The first-order chi connectivity index (χ1) is 13.6. The Bertz CT molecular complexity index is 983. The van der Waals surface area contributed by atoms with Crippen LogP contribution in [0, 0.1) is 11.3 Å². The van der Waals surface area contributed by atoms with Crippen molar-refractivity contribution in [2.24, 2.45) is 11.3 Å². The predicted molar refractivity (Wildman–Crippen MR) is 108 cm³/mol. The van der Waals surface area contributed by atoms with Gasteiger partial charge in [-0.15, -0.1) is 11.3 Å². The van der Waals surface area contributed by atoms with Crippen LogP contribution < -0.4 is 5.32 Å². The van der Waals surface area contributed by atoms with Gasteiger partial charge in [0, 0.05) is 29.3 Å². The number of rotatable bonds is 4. The zero-order chi connectivity index (χ0) is 19.1. The molecule has 5 nitrogen and oxygen atoms in total. The number of para-hydroxylation sites is 1. The second-order valence-electron chi connectivity index (χ2n) is 7.86. The minimum absolute atomic E-state index is 0.0506. The maximum Gasteiger partial charge on any atom is 0.289 e. The van der Waals surface area contributed by atoms with Crippen LogP contribution in [0.3, 0.4) is 0 Å². The summed E-state index contributed by atoms with van der Waals surface area (Å²) in [5, 5.41) is 6.04. The van der Waals surface area contributed by atoms with E-state index >= 15 is 0 Å². The minimum atomic E-state index is -0.0506. The molecule has 1 spiro atoms. The third-order valence-electron chi connectivity index (χ3n) is 6.21. The average molecular weight is 394 g/mol. The summed E-state index contributed by atoms with van der Waals surface area (Å²) in [5.74, 6) is 0.602. The quantitative estimate of drug-likeness (QED) is 0.726. The summed E-state index contributed by atoms with van der Waals surface area (Å²) in [6.07, 6.45) is 2.71. The number of thiophene rings is 1. The smallest absolute Gasteiger partial charge is 0.289 e. The van der Waals surface area contributed by atoms with Crippen LogP contribution in [0.15, 0.2) is 52.3 Å². The van der Waals surface area contributed by atoms with Crippen molar-refractivity contribution in [3.8, 4) is 0 Å². The van der Waals surface area contributed by atoms with E-state index in [2.05, 4.69) is 5.32 Å². The number of hydrogen-bond donors (Lipinski definition) is 1. The molecule has 3 heterocycles. The molecule has 1 N–H and O–H groups in total. The number of likely N-dealkylation sites (tertiary alicyclic amines) is 1. The van der Waals surface area contributed by atoms with Crippen LogP contribution in [0.5, 0.6) is 0 Å². The second-order valence-corrected chi connectivity index (χ2v) is 8.89. The van der Waals surface area contributed by atoms with E-state index in [0.717, 1.165) is 30.2 Å². The summed E-state index contributed by atoms with van der Waals surface area (Å²) in [6.45, 7) is 1.98. The third-order valence-corrected chi connectivity index (χ3v) is 7.08. The first-order valence-corrected chi connectivity index (χ1v) is 10.6. The fourth-order valence-corrected chi connectivity index (χ4v) is 5.02. The van der Waals surface area contributed by atoms with Crippen LogP contribution in [0.1, 0.15) is 34.7 Å². The Kier molecular flexibility index (Phi) is 4.23. The van der Waals surface area contributed by atoms with Crippen LogP contribution >= 0.6 is 11.3 Å². The maximum atomic E-state index is 12.8. The number of fused-ring (bicyclic) bond motifs is 1. The van der Waals surface area contributed by atoms with E-state index in [-0.39, 0.29) is 23.1 Å². The second kappa shape index (κ2) is 6.78. The summed E-state index contributed by atoms with van der Waals surface area (Å²) >= 11 is 1.66. The summed E-state index contributed by atoms with van der Waals surface area (Å²) in [7, 11) is 0. The highest BCUT2D eigenvalue weighted by Crippen LogP contribution is 2.59. The Balaban J connectivity index is 1.17. The molecule has 2 fully saturated rings. The lowest BCUT2D eigenvalue weighted by Gasteiger charge is -2.32. The number of furan rings is 1. The van der Waals surface area contributed by atoms with E-state index < -0.39 is 0 Å². The van der Waals surface area contributed by atoms with E-state index in [9.17, 15) is 9.59 Å². The normalized spacial score (nSPS) is 20.4. The fraction of sp³-hybridized carbons (Fsp3) is 0.364. The summed E-state index contributed by atoms with van der Waals surface area (Å²) in [6, 6.07) is 13.5. The monoisotopic (exact) mass is 394 g/mol. The van der Waals surface area contributed by atoms with E-state index in [1.807, 2.05) is 52.7 Å². The molecule has 0 radical (unpaired) electrons. The van der Waals surface area contributed by atoms with Crippen molar-refractivity contribution in [1.82, 2.24) is 10.2 Å². The summed E-state index contributed by atoms with van der Waals surface area (Å²) < 4.78 is 5.72. The summed E-state index contributed by atoms with van der Waals surface area (Å²) in [4.78, 5) is 28.4. The number of carbonyl (C=O) groups is 2. The van der Waals surface area contributed by atoms with Crippen molar-refractivity contribution in [2.75, 3.05) is 13.1 Å². The van der Waals surface area contributed by atoms with Crippen molar-refractivity contribution in [2.45, 2.75) is 25.8 Å². The number of piperidine rings is 1. The molecule has 2 amide bonds. The van der Waals surface area contributed by atoms with Gasteiger partial charge >= 0.3 is 0 Å². The van der Waals surface area contributed by atoms with E-state index in [1.54, 1.807) is 11.3 Å². The van der Waals surface area contributed by atoms with E-state index in [4.69, 9.17) is 4.42 Å². The molecule has 144 valence electrons. The molecule has 1 saturated carbocycles. The van der Waals surface area contributed by atoms with Gasteiger partial charge in [0.15, 0.2) is 5.76 Å². The molecule has 1 aromatic carbocycles. The van der Waals surface area contributed by atoms with Crippen molar-refractivity contribution in [1.29, 1.82) is 0 Å². The largest absolute Gasteiger partial charge is 0.451 e. The van der Waals surface area contributed by atoms with Gasteiger partial charge in [0.2, 0.25) is 5.91 Å². The number of carbonyl (C=O) groups excluding carboxylic acids is 2. The van der Waals surface area contributed by atoms with Crippen LogP contribution in [-0.4, -0.2) is 29.8 Å². The molecule has 2 aromatic heterocycles. The van der Waals surface area contributed by atoms with Crippen molar-refractivity contribution in [3.63, 3.8) is 0 Å². The van der Waals surface area contributed by atoms with Gasteiger partial charge in [-0.3, -0.25) is 9.59 Å². The van der Waals surface area contributed by atoms with Gasteiger partial charge in [-0.05, 0) is 48.3 Å². The Labute approximate surface area is 167 Å². The molecular weight excluding hydrogens is 372 g/mol. The van der Waals surface area contributed by atoms with Gasteiger partial charge in [-0.1, -0.05) is 24.3 Å². The molecule has 1 saturated heterocycles. The molecule has 28 heavy (non-hydrogen) atoms. The average Bonchev–Trinajstić information content (AvgIpc) is 3.09. The third kappa shape index (κ3) is 3.11. The molecule has 1 unspecified atom stereocenters. The van der Waals surface area contributed by atoms with Crippen LogP contribution in [0.4, 0.5) is 0 Å². The SMILES string of the molecule is O=C(NCc1cccs1)C1CC12CCN(C(=O)c1cc3ccccc3o1)CC2. The lowest BCUT2D eigenvalue weighted by molar-refractivity contribution is -0.123.